The molecule has 0 aliphatic rings. The van der Waals surface area contributed by atoms with Crippen LogP contribution in [-0.4, -0.2) is 21.5 Å². The van der Waals surface area contributed by atoms with E-state index in [1.54, 1.807) is 0 Å². The van der Waals surface area contributed by atoms with Crippen molar-refractivity contribution in [2.24, 2.45) is 0 Å². The van der Waals surface area contributed by atoms with Crippen molar-refractivity contribution in [1.82, 2.24) is 9.97 Å². The molecule has 146 valence electrons. The van der Waals surface area contributed by atoms with E-state index in [9.17, 15) is 9.59 Å². The summed E-state index contributed by atoms with van der Waals surface area (Å²) >= 11 is 1.49. The molecule has 3 aromatic rings. The molecule has 0 atom stereocenters. The van der Waals surface area contributed by atoms with E-state index in [0.717, 1.165) is 23.3 Å². The van der Waals surface area contributed by atoms with Crippen molar-refractivity contribution in [1.29, 1.82) is 0 Å². The van der Waals surface area contributed by atoms with E-state index in [0.29, 0.717) is 34.8 Å². The Morgan fingerprint density at radius 2 is 1.89 bits per heavy atom. The van der Waals surface area contributed by atoms with Gasteiger partial charge in [0.1, 0.15) is 5.78 Å². The van der Waals surface area contributed by atoms with Gasteiger partial charge in [-0.05, 0) is 42.5 Å². The molecule has 1 aromatic heterocycles. The summed E-state index contributed by atoms with van der Waals surface area (Å²) in [5, 5.41) is 1.24. The van der Waals surface area contributed by atoms with Gasteiger partial charge in [-0.15, -0.1) is 0 Å². The lowest BCUT2D eigenvalue weighted by atomic mass is 10.0. The summed E-state index contributed by atoms with van der Waals surface area (Å²) in [7, 11) is 0. The molecule has 0 radical (unpaired) electrons. The average Bonchev–Trinajstić information content (AvgIpc) is 2.67. The number of benzene rings is 2. The second-order valence-corrected chi connectivity index (χ2v) is 8.54. The molecule has 0 bridgehead atoms. The van der Waals surface area contributed by atoms with Gasteiger partial charge < -0.3 is 4.98 Å². The zero-order valence-electron chi connectivity index (χ0n) is 16.6. The molecule has 0 saturated heterocycles. The monoisotopic (exact) mass is 394 g/mol. The first-order chi connectivity index (χ1) is 13.4. The molecule has 0 spiro atoms. The smallest absolute Gasteiger partial charge is 0.259 e. The minimum Gasteiger partial charge on any atom is -0.301 e. The van der Waals surface area contributed by atoms with Gasteiger partial charge in [0.2, 0.25) is 0 Å². The Bertz CT molecular complexity index is 1020. The topological polar surface area (TPSA) is 62.8 Å². The van der Waals surface area contributed by atoms with Gasteiger partial charge in [0.05, 0.1) is 10.9 Å². The molecule has 0 saturated carbocycles. The van der Waals surface area contributed by atoms with E-state index >= 15 is 0 Å². The number of nitrogens with zero attached hydrogens (tertiary/aromatic N) is 1. The van der Waals surface area contributed by atoms with Gasteiger partial charge in [-0.1, -0.05) is 61.5 Å². The standard InChI is InChI=1S/C23H26N2O2S/c1-15(2)18-10-11-21-20(14-18)22(27)25-23(24-21)28-12-4-5-19(26)13-17-8-6-16(3)7-9-17/h6-11,14-15H,4-5,12-13H2,1-3H3,(H,24,25,27). The predicted molar refractivity (Wildman–Crippen MR) is 116 cm³/mol. The number of ketones is 1. The maximum atomic E-state index is 12.4. The van der Waals surface area contributed by atoms with Crippen molar-refractivity contribution in [3.63, 3.8) is 0 Å². The zero-order valence-corrected chi connectivity index (χ0v) is 17.4. The molecule has 0 unspecified atom stereocenters. The Labute approximate surface area is 169 Å². The molecule has 5 heteroatoms. The molecular weight excluding hydrogens is 368 g/mol. The number of fused-ring (bicyclic) bond motifs is 1. The Morgan fingerprint density at radius 1 is 1.14 bits per heavy atom. The number of H-pyrrole nitrogens is 1. The molecule has 0 aliphatic heterocycles. The molecule has 0 amide bonds. The number of aromatic amines is 1. The van der Waals surface area contributed by atoms with E-state index < -0.39 is 0 Å². The average molecular weight is 395 g/mol. The van der Waals surface area contributed by atoms with Gasteiger partial charge in [-0.25, -0.2) is 4.98 Å². The van der Waals surface area contributed by atoms with Gasteiger partial charge in [0.15, 0.2) is 5.16 Å². The van der Waals surface area contributed by atoms with Crippen molar-refractivity contribution >= 4 is 28.4 Å². The number of aryl methyl sites for hydroxylation is 1. The highest BCUT2D eigenvalue weighted by Gasteiger charge is 2.08. The fourth-order valence-corrected chi connectivity index (χ4v) is 3.83. The molecule has 4 nitrogen and oxygen atoms in total. The molecule has 1 N–H and O–H groups in total. The maximum Gasteiger partial charge on any atom is 0.259 e. The van der Waals surface area contributed by atoms with Crippen LogP contribution in [-0.2, 0) is 11.2 Å². The van der Waals surface area contributed by atoms with Crippen molar-refractivity contribution in [2.75, 3.05) is 5.75 Å². The van der Waals surface area contributed by atoms with Gasteiger partial charge in [0.25, 0.3) is 5.56 Å². The highest BCUT2D eigenvalue weighted by molar-refractivity contribution is 7.99. The van der Waals surface area contributed by atoms with Crippen molar-refractivity contribution in [2.45, 2.75) is 51.1 Å². The second-order valence-electron chi connectivity index (χ2n) is 7.46. The maximum absolute atomic E-state index is 12.4. The van der Waals surface area contributed by atoms with Crippen LogP contribution in [0.4, 0.5) is 0 Å². The summed E-state index contributed by atoms with van der Waals surface area (Å²) < 4.78 is 0. The molecule has 1 heterocycles. The summed E-state index contributed by atoms with van der Waals surface area (Å²) in [6.07, 6.45) is 1.79. The lowest BCUT2D eigenvalue weighted by Crippen LogP contribution is -2.10. The van der Waals surface area contributed by atoms with Gasteiger partial charge in [-0.2, -0.15) is 0 Å². The van der Waals surface area contributed by atoms with Crippen molar-refractivity contribution in [3.8, 4) is 0 Å². The number of carbonyl (C=O) groups excluding carboxylic acids is 1. The predicted octanol–water partition coefficient (Wildman–Crippen LogP) is 5.04. The first-order valence-electron chi connectivity index (χ1n) is 9.66. The van der Waals surface area contributed by atoms with Crippen LogP contribution in [0.25, 0.3) is 10.9 Å². The molecule has 0 fully saturated rings. The minimum absolute atomic E-state index is 0.106. The highest BCUT2D eigenvalue weighted by atomic mass is 32.2. The zero-order chi connectivity index (χ0) is 20.1. The lowest BCUT2D eigenvalue weighted by Gasteiger charge is -2.07. The van der Waals surface area contributed by atoms with E-state index in [2.05, 4.69) is 23.8 Å². The normalized spacial score (nSPS) is 11.3. The Kier molecular flexibility index (Phi) is 6.68. The highest BCUT2D eigenvalue weighted by Crippen LogP contribution is 2.20. The third-order valence-corrected chi connectivity index (χ3v) is 5.69. The van der Waals surface area contributed by atoms with Crippen LogP contribution in [0.1, 0.15) is 49.3 Å². The van der Waals surface area contributed by atoms with Crippen LogP contribution >= 0.6 is 11.8 Å². The van der Waals surface area contributed by atoms with Crippen LogP contribution in [0.2, 0.25) is 0 Å². The number of aromatic nitrogens is 2. The Hall–Kier alpha value is -2.40. The second kappa shape index (κ2) is 9.20. The Balaban J connectivity index is 1.53. The fraction of sp³-hybridized carbons (Fsp3) is 0.348. The number of hydrogen-bond acceptors (Lipinski definition) is 4. The number of thioether (sulfide) groups is 1. The molecular formula is C23H26N2O2S. The molecule has 2 aromatic carbocycles. The molecule has 0 aliphatic carbocycles. The van der Waals surface area contributed by atoms with Gasteiger partial charge in [-0.3, -0.25) is 9.59 Å². The van der Waals surface area contributed by atoms with Crippen LogP contribution in [0.5, 0.6) is 0 Å². The summed E-state index contributed by atoms with van der Waals surface area (Å²) in [4.78, 5) is 31.9. The van der Waals surface area contributed by atoms with Crippen molar-refractivity contribution < 1.29 is 4.79 Å². The first kappa shape index (κ1) is 20.3. The quantitative estimate of drug-likeness (QED) is 0.330. The Morgan fingerprint density at radius 3 is 2.61 bits per heavy atom. The summed E-state index contributed by atoms with van der Waals surface area (Å²) in [5.74, 6) is 1.36. The van der Waals surface area contributed by atoms with E-state index in [4.69, 9.17) is 0 Å². The summed E-state index contributed by atoms with van der Waals surface area (Å²) in [6, 6.07) is 13.9. The first-order valence-corrected chi connectivity index (χ1v) is 10.6. The summed E-state index contributed by atoms with van der Waals surface area (Å²) in [5.41, 5.74) is 4.00. The third-order valence-electron chi connectivity index (χ3n) is 4.73. The van der Waals surface area contributed by atoms with Crippen LogP contribution < -0.4 is 5.56 Å². The van der Waals surface area contributed by atoms with Crippen LogP contribution in [0, 0.1) is 6.92 Å². The number of hydrogen-bond donors (Lipinski definition) is 1. The van der Waals surface area contributed by atoms with Crippen LogP contribution in [0.3, 0.4) is 0 Å². The van der Waals surface area contributed by atoms with E-state index in [1.807, 2.05) is 49.4 Å². The largest absolute Gasteiger partial charge is 0.301 e. The fourth-order valence-electron chi connectivity index (χ4n) is 3.02. The van der Waals surface area contributed by atoms with Gasteiger partial charge in [0, 0.05) is 18.6 Å². The minimum atomic E-state index is -0.106. The molecule has 3 rings (SSSR count). The summed E-state index contributed by atoms with van der Waals surface area (Å²) in [6.45, 7) is 6.25. The lowest BCUT2D eigenvalue weighted by molar-refractivity contribution is -0.118. The van der Waals surface area contributed by atoms with Gasteiger partial charge >= 0.3 is 0 Å². The van der Waals surface area contributed by atoms with Crippen LogP contribution in [0.15, 0.2) is 52.4 Å². The number of nitrogens with one attached hydrogen (secondary N) is 1. The van der Waals surface area contributed by atoms with E-state index in [1.165, 1.54) is 17.3 Å². The number of carbonyl (C=O) groups is 1. The third kappa shape index (κ3) is 5.32. The number of rotatable bonds is 8. The number of Topliss-reactive ketones (excluding diaryl/α,β-unsaturated/α-hetero) is 1. The van der Waals surface area contributed by atoms with Crippen molar-refractivity contribution in [3.05, 3.63) is 69.5 Å². The molecule has 28 heavy (non-hydrogen) atoms. The SMILES string of the molecule is Cc1ccc(CC(=O)CCCSc2nc3ccc(C(C)C)cc3c(=O)[nH]2)cc1. The van der Waals surface area contributed by atoms with E-state index in [-0.39, 0.29) is 11.3 Å².